The van der Waals surface area contributed by atoms with E-state index in [1.54, 1.807) is 0 Å². The zero-order valence-electron chi connectivity index (χ0n) is 28.7. The maximum atomic E-state index is 14.8. The highest BCUT2D eigenvalue weighted by atomic mass is 28.4. The average molecular weight is 842 g/mol. The molecule has 1 aromatic carbocycles. The Morgan fingerprint density at radius 3 is 1.56 bits per heavy atom. The molecule has 1 aromatic rings. The molecule has 3 N–H and O–H groups in total. The third-order valence-electron chi connectivity index (χ3n) is 8.56. The number of aliphatic hydroxyl groups is 1. The van der Waals surface area contributed by atoms with Crippen LogP contribution in [0.15, 0.2) is 35.9 Å². The summed E-state index contributed by atoms with van der Waals surface area (Å²) in [6.07, 6.45) is -10.5. The highest BCUT2D eigenvalue weighted by Gasteiger charge is 2.95. The number of carbonyl (C=O) groups excluding carboxylic acids is 1. The van der Waals surface area contributed by atoms with Gasteiger partial charge >= 0.3 is 47.6 Å². The van der Waals surface area contributed by atoms with Gasteiger partial charge in [0, 0.05) is 12.5 Å². The number of benzene rings is 1. The van der Waals surface area contributed by atoms with Crippen LogP contribution in [0.1, 0.15) is 59.1 Å². The molecule has 0 radical (unpaired) electrons. The monoisotopic (exact) mass is 841 g/mol. The van der Waals surface area contributed by atoms with Gasteiger partial charge in [0.25, 0.3) is 5.91 Å². The summed E-state index contributed by atoms with van der Waals surface area (Å²) in [5.74, 6) is -57.4. The molecular formula is C30H36F17NO5Si. The second-order valence-electron chi connectivity index (χ2n) is 12.9. The van der Waals surface area contributed by atoms with Gasteiger partial charge in [-0.25, -0.2) is 5.48 Å². The van der Waals surface area contributed by atoms with E-state index < -0.39 is 105 Å². The maximum Gasteiger partial charge on any atom is 0.460 e. The van der Waals surface area contributed by atoms with Crippen LogP contribution in [0.5, 0.6) is 5.75 Å². The van der Waals surface area contributed by atoms with E-state index in [4.69, 9.17) is 14.4 Å². The first-order chi connectivity index (χ1) is 24.1. The zero-order valence-corrected chi connectivity index (χ0v) is 29.7. The predicted molar refractivity (Wildman–Crippen MR) is 157 cm³/mol. The summed E-state index contributed by atoms with van der Waals surface area (Å²) >= 11 is 0. The van der Waals surface area contributed by atoms with Crippen LogP contribution >= 0.6 is 0 Å². The van der Waals surface area contributed by atoms with Crippen LogP contribution in [0.25, 0.3) is 0 Å². The fourth-order valence-corrected chi connectivity index (χ4v) is 9.74. The smallest absolute Gasteiger partial charge is 0.460 e. The van der Waals surface area contributed by atoms with E-state index in [2.05, 4.69) is 0 Å². The molecular weight excluding hydrogens is 805 g/mol. The van der Waals surface area contributed by atoms with E-state index >= 15 is 0 Å². The Kier molecular flexibility index (Phi) is 15.2. The second-order valence-corrected chi connectivity index (χ2v) is 17.9. The molecule has 0 bridgehead atoms. The molecule has 0 aromatic heterocycles. The van der Waals surface area contributed by atoms with Gasteiger partial charge in [-0.3, -0.25) is 10.0 Å². The number of amides is 1. The molecule has 0 saturated carbocycles. The minimum Gasteiger partial charge on any atom is -0.491 e. The van der Waals surface area contributed by atoms with Crippen molar-refractivity contribution in [1.82, 2.24) is 5.48 Å². The summed E-state index contributed by atoms with van der Waals surface area (Å²) in [4.78, 5) is 11.2. The van der Waals surface area contributed by atoms with Gasteiger partial charge < -0.3 is 14.3 Å². The van der Waals surface area contributed by atoms with E-state index in [0.717, 1.165) is 6.08 Å². The van der Waals surface area contributed by atoms with Gasteiger partial charge in [-0.1, -0.05) is 45.4 Å². The van der Waals surface area contributed by atoms with Crippen molar-refractivity contribution in [2.24, 2.45) is 0 Å². The number of hydroxylamine groups is 1. The first-order valence-electron chi connectivity index (χ1n) is 15.4. The molecule has 0 spiro atoms. The maximum absolute atomic E-state index is 14.8. The zero-order chi connectivity index (χ0) is 42.7. The molecule has 6 nitrogen and oxygen atoms in total. The number of nitrogens with one attached hydrogen (secondary N) is 1. The van der Waals surface area contributed by atoms with Crippen LogP contribution in [-0.2, 0) is 9.22 Å². The summed E-state index contributed by atoms with van der Waals surface area (Å²) in [5, 5.41) is 18.9. The summed E-state index contributed by atoms with van der Waals surface area (Å²) in [6.45, 7) is 5.85. The highest BCUT2D eigenvalue weighted by Crippen LogP contribution is 2.64. The standard InChI is InChI=1S/C30H36F17NO5Si/c1-16(2)54(17(3)4,53-12-11-52-20-8-6-19(7-9-20)21(49)14-18(5)15-22(50)48-51)13-10-23(31,32)24(33,34)25(35,36)26(37,38)27(39,40)28(41,42)29(43,44)30(45,46)47/h6-9,15-17,21,49,51H,10-14H2,1-5H3,(H,48,50)/b18-15+/t21-/m1/s1. The molecule has 0 aliphatic rings. The number of halogens is 17. The van der Waals surface area contributed by atoms with Crippen molar-refractivity contribution in [2.45, 2.75) is 118 Å². The Morgan fingerprint density at radius 1 is 0.722 bits per heavy atom. The molecule has 1 atom stereocenters. The summed E-state index contributed by atoms with van der Waals surface area (Å²) in [7, 11) is -3.95. The average Bonchev–Trinajstić information content (AvgIpc) is 3.03. The van der Waals surface area contributed by atoms with Gasteiger partial charge in [0.15, 0.2) is 8.32 Å². The van der Waals surface area contributed by atoms with Crippen molar-refractivity contribution < 1.29 is 98.9 Å². The van der Waals surface area contributed by atoms with Gasteiger partial charge in [0.05, 0.1) is 12.7 Å². The van der Waals surface area contributed by atoms with Crippen molar-refractivity contribution in [3.05, 3.63) is 41.5 Å². The molecule has 0 heterocycles. The number of aliphatic hydroxyl groups excluding tert-OH is 1. The quantitative estimate of drug-likeness (QED) is 0.0304. The molecule has 54 heavy (non-hydrogen) atoms. The lowest BCUT2D eigenvalue weighted by Gasteiger charge is -2.44. The first-order valence-corrected chi connectivity index (χ1v) is 17.7. The van der Waals surface area contributed by atoms with E-state index in [1.807, 2.05) is 0 Å². The second kappa shape index (κ2) is 16.7. The number of carbonyl (C=O) groups is 1. The van der Waals surface area contributed by atoms with Crippen LogP contribution in [0.2, 0.25) is 17.1 Å². The van der Waals surface area contributed by atoms with Crippen molar-refractivity contribution in [1.29, 1.82) is 0 Å². The lowest BCUT2D eigenvalue weighted by atomic mass is 9.88. The Morgan fingerprint density at radius 2 is 1.15 bits per heavy atom. The molecule has 0 fully saturated rings. The van der Waals surface area contributed by atoms with E-state index in [-0.39, 0.29) is 12.2 Å². The van der Waals surface area contributed by atoms with Crippen LogP contribution in [0.3, 0.4) is 0 Å². The molecule has 314 valence electrons. The van der Waals surface area contributed by atoms with E-state index in [0.29, 0.717) is 11.1 Å². The van der Waals surface area contributed by atoms with Gasteiger partial charge in [-0.2, -0.15) is 74.6 Å². The topological polar surface area (TPSA) is 88.0 Å². The molecule has 24 heteroatoms. The van der Waals surface area contributed by atoms with Gasteiger partial charge in [0.1, 0.15) is 12.4 Å². The van der Waals surface area contributed by atoms with Crippen LogP contribution < -0.4 is 10.2 Å². The first kappa shape index (κ1) is 49.2. The van der Waals surface area contributed by atoms with Crippen molar-refractivity contribution in [3.8, 4) is 5.75 Å². The Bertz CT molecular complexity index is 1430. The summed E-state index contributed by atoms with van der Waals surface area (Å²) in [6, 6.07) is 4.21. The van der Waals surface area contributed by atoms with Crippen molar-refractivity contribution in [2.75, 3.05) is 13.2 Å². The lowest BCUT2D eigenvalue weighted by Crippen LogP contribution is -2.74. The summed E-state index contributed by atoms with van der Waals surface area (Å²) in [5.41, 5.74) is 0.392. The predicted octanol–water partition coefficient (Wildman–Crippen LogP) is 10.1. The van der Waals surface area contributed by atoms with Gasteiger partial charge in [0.2, 0.25) is 0 Å². The van der Waals surface area contributed by atoms with Gasteiger partial charge in [-0.05, 0) is 48.2 Å². The van der Waals surface area contributed by atoms with Crippen LogP contribution in [0.4, 0.5) is 74.6 Å². The summed E-state index contributed by atoms with van der Waals surface area (Å²) < 4.78 is 245. The minimum absolute atomic E-state index is 0.0209. The molecule has 0 unspecified atom stereocenters. The third kappa shape index (κ3) is 9.22. The SMILES string of the molecule is C/C(=C\C(=O)NO)C[C@@H](O)c1ccc(OCCO[Si](CCC(F)(F)C(F)(F)C(F)(F)C(F)(F)C(F)(F)C(F)(F)C(F)(F)C(F)(F)F)(C(C)C)C(C)C)cc1. The number of rotatable bonds is 20. The van der Waals surface area contributed by atoms with Crippen LogP contribution in [0, 0.1) is 0 Å². The number of hydrogen-bond donors (Lipinski definition) is 3. The van der Waals surface area contributed by atoms with E-state index in [1.165, 1.54) is 64.4 Å². The Hall–Kier alpha value is -2.86. The van der Waals surface area contributed by atoms with Crippen molar-refractivity contribution >= 4 is 14.2 Å². The third-order valence-corrected chi connectivity index (χ3v) is 14.2. The fraction of sp³-hybridized carbons (Fsp3) is 0.700. The minimum atomic E-state index is -8.68. The largest absolute Gasteiger partial charge is 0.491 e. The molecule has 0 saturated heterocycles. The van der Waals surface area contributed by atoms with Crippen molar-refractivity contribution in [3.63, 3.8) is 0 Å². The normalized spacial score (nSPS) is 15.6. The van der Waals surface area contributed by atoms with Crippen LogP contribution in [-0.4, -0.2) is 85.4 Å². The lowest BCUT2D eigenvalue weighted by molar-refractivity contribution is -0.461. The Labute approximate surface area is 297 Å². The molecule has 0 aliphatic carbocycles. The molecule has 1 amide bonds. The number of hydrogen-bond acceptors (Lipinski definition) is 5. The van der Waals surface area contributed by atoms with E-state index in [9.17, 15) is 84.5 Å². The fourth-order valence-electron chi connectivity index (χ4n) is 5.27. The molecule has 1 rings (SSSR count). The highest BCUT2D eigenvalue weighted by molar-refractivity contribution is 6.76. The molecule has 0 aliphatic heterocycles. The number of ether oxygens (including phenoxy) is 1. The van der Waals surface area contributed by atoms with Gasteiger partial charge in [-0.15, -0.1) is 0 Å². The Balaban J connectivity index is 3.22. The number of alkyl halides is 17.